The summed E-state index contributed by atoms with van der Waals surface area (Å²) in [4.78, 5) is 2.37. The van der Waals surface area contributed by atoms with Crippen molar-refractivity contribution in [1.29, 1.82) is 5.26 Å². The van der Waals surface area contributed by atoms with Crippen molar-refractivity contribution in [2.45, 2.75) is 38.4 Å². The third-order valence-corrected chi connectivity index (χ3v) is 5.37. The van der Waals surface area contributed by atoms with E-state index in [1.807, 2.05) is 6.07 Å². The standard InChI is InChI=1S/C12H23N3O2S/c1-3-12(9-13)18(16,17)14-10-11-5-7-15(4-2)8-6-11/h11-12,14H,3-8,10H2,1-2H3. The molecule has 0 aromatic carbocycles. The van der Waals surface area contributed by atoms with Gasteiger partial charge < -0.3 is 4.90 Å². The fourth-order valence-corrected chi connectivity index (χ4v) is 3.47. The molecule has 0 aliphatic carbocycles. The van der Waals surface area contributed by atoms with Crippen molar-refractivity contribution in [3.05, 3.63) is 0 Å². The molecule has 0 aromatic heterocycles. The van der Waals surface area contributed by atoms with Crippen LogP contribution in [0.25, 0.3) is 0 Å². The molecule has 6 heteroatoms. The maximum absolute atomic E-state index is 11.8. The molecular weight excluding hydrogens is 250 g/mol. The number of hydrogen-bond donors (Lipinski definition) is 1. The first-order chi connectivity index (χ1) is 8.53. The van der Waals surface area contributed by atoms with Crippen molar-refractivity contribution < 1.29 is 8.42 Å². The first kappa shape index (κ1) is 15.4. The van der Waals surface area contributed by atoms with E-state index < -0.39 is 15.3 Å². The van der Waals surface area contributed by atoms with E-state index in [1.54, 1.807) is 6.92 Å². The molecule has 0 saturated carbocycles. The molecular formula is C12H23N3O2S. The molecule has 1 heterocycles. The van der Waals surface area contributed by atoms with E-state index in [4.69, 9.17) is 5.26 Å². The average Bonchev–Trinajstić information content (AvgIpc) is 2.38. The van der Waals surface area contributed by atoms with Gasteiger partial charge in [-0.2, -0.15) is 5.26 Å². The summed E-state index contributed by atoms with van der Waals surface area (Å²) in [6.45, 7) is 7.47. The molecule has 0 aromatic rings. The predicted molar refractivity (Wildman–Crippen MR) is 71.5 cm³/mol. The first-order valence-electron chi connectivity index (χ1n) is 6.63. The zero-order chi connectivity index (χ0) is 13.6. The highest BCUT2D eigenvalue weighted by Gasteiger charge is 2.25. The van der Waals surface area contributed by atoms with Gasteiger partial charge in [0, 0.05) is 6.54 Å². The van der Waals surface area contributed by atoms with Gasteiger partial charge in [0.05, 0.1) is 6.07 Å². The second-order valence-corrected chi connectivity index (χ2v) is 6.74. The monoisotopic (exact) mass is 273 g/mol. The van der Waals surface area contributed by atoms with Crippen LogP contribution in [0, 0.1) is 17.2 Å². The molecule has 1 aliphatic rings. The fraction of sp³-hybridized carbons (Fsp3) is 0.917. The molecule has 1 N–H and O–H groups in total. The molecule has 1 unspecified atom stereocenters. The molecule has 5 nitrogen and oxygen atoms in total. The lowest BCUT2D eigenvalue weighted by atomic mass is 9.97. The fourth-order valence-electron chi connectivity index (χ4n) is 2.22. The van der Waals surface area contributed by atoms with Gasteiger partial charge in [-0.15, -0.1) is 0 Å². The SMILES string of the molecule is CCC(C#N)S(=O)(=O)NCC1CCN(CC)CC1. The lowest BCUT2D eigenvalue weighted by Crippen LogP contribution is -2.40. The van der Waals surface area contributed by atoms with Crippen LogP contribution in [0.3, 0.4) is 0 Å². The molecule has 1 aliphatic heterocycles. The largest absolute Gasteiger partial charge is 0.304 e. The minimum atomic E-state index is -3.47. The van der Waals surface area contributed by atoms with Gasteiger partial charge >= 0.3 is 0 Å². The van der Waals surface area contributed by atoms with Gasteiger partial charge in [0.25, 0.3) is 0 Å². The normalized spacial score (nSPS) is 20.5. The Morgan fingerprint density at radius 2 is 2.00 bits per heavy atom. The summed E-state index contributed by atoms with van der Waals surface area (Å²) in [6.07, 6.45) is 2.39. The van der Waals surface area contributed by atoms with Crippen LogP contribution in [0.15, 0.2) is 0 Å². The Balaban J connectivity index is 2.40. The smallest absolute Gasteiger partial charge is 0.227 e. The van der Waals surface area contributed by atoms with Crippen LogP contribution in [-0.2, 0) is 10.0 Å². The molecule has 0 spiro atoms. The van der Waals surface area contributed by atoms with Crippen LogP contribution in [0.1, 0.15) is 33.1 Å². The molecule has 1 rings (SSSR count). The third-order valence-electron chi connectivity index (χ3n) is 3.62. The molecule has 1 atom stereocenters. The summed E-state index contributed by atoms with van der Waals surface area (Å²) in [7, 11) is -3.47. The van der Waals surface area contributed by atoms with Gasteiger partial charge in [-0.25, -0.2) is 13.1 Å². The number of nitriles is 1. The van der Waals surface area contributed by atoms with E-state index in [-0.39, 0.29) is 0 Å². The molecule has 0 bridgehead atoms. The number of hydrogen-bond acceptors (Lipinski definition) is 4. The number of nitrogens with one attached hydrogen (secondary N) is 1. The second-order valence-electron chi connectivity index (χ2n) is 4.80. The topological polar surface area (TPSA) is 73.2 Å². The van der Waals surface area contributed by atoms with Crippen molar-refractivity contribution in [2.75, 3.05) is 26.2 Å². The van der Waals surface area contributed by atoms with E-state index >= 15 is 0 Å². The Morgan fingerprint density at radius 1 is 1.39 bits per heavy atom. The minimum absolute atomic E-state index is 0.333. The van der Waals surface area contributed by atoms with Crippen LogP contribution in [0.4, 0.5) is 0 Å². The molecule has 0 amide bonds. The van der Waals surface area contributed by atoms with Crippen molar-refractivity contribution in [2.24, 2.45) is 5.92 Å². The van der Waals surface area contributed by atoms with Crippen LogP contribution < -0.4 is 4.72 Å². The van der Waals surface area contributed by atoms with Crippen LogP contribution >= 0.6 is 0 Å². The van der Waals surface area contributed by atoms with Gasteiger partial charge in [-0.05, 0) is 44.8 Å². The van der Waals surface area contributed by atoms with E-state index in [0.717, 1.165) is 32.5 Å². The Hall–Kier alpha value is -0.640. The highest BCUT2D eigenvalue weighted by Crippen LogP contribution is 2.16. The number of rotatable bonds is 6. The van der Waals surface area contributed by atoms with Crippen LogP contribution in [0.5, 0.6) is 0 Å². The van der Waals surface area contributed by atoms with E-state index in [9.17, 15) is 8.42 Å². The van der Waals surface area contributed by atoms with Crippen LogP contribution in [-0.4, -0.2) is 44.7 Å². The maximum Gasteiger partial charge on any atom is 0.227 e. The van der Waals surface area contributed by atoms with E-state index in [1.165, 1.54) is 0 Å². The molecule has 104 valence electrons. The number of nitrogens with zero attached hydrogens (tertiary/aromatic N) is 2. The van der Waals surface area contributed by atoms with Crippen molar-refractivity contribution in [1.82, 2.24) is 9.62 Å². The Bertz CT molecular complexity index is 381. The van der Waals surface area contributed by atoms with E-state index in [2.05, 4.69) is 16.5 Å². The number of likely N-dealkylation sites (tertiary alicyclic amines) is 1. The van der Waals surface area contributed by atoms with Gasteiger partial charge in [-0.1, -0.05) is 13.8 Å². The lowest BCUT2D eigenvalue weighted by Gasteiger charge is -2.31. The van der Waals surface area contributed by atoms with Crippen molar-refractivity contribution in [3.8, 4) is 6.07 Å². The summed E-state index contributed by atoms with van der Waals surface area (Å²) in [5.41, 5.74) is 0. The molecule has 1 fully saturated rings. The number of sulfonamides is 1. The summed E-state index contributed by atoms with van der Waals surface area (Å²) in [6, 6.07) is 1.84. The summed E-state index contributed by atoms with van der Waals surface area (Å²) in [5.74, 6) is 0.402. The summed E-state index contributed by atoms with van der Waals surface area (Å²) >= 11 is 0. The lowest BCUT2D eigenvalue weighted by molar-refractivity contribution is 0.193. The van der Waals surface area contributed by atoms with E-state index in [0.29, 0.717) is 18.9 Å². The molecule has 1 saturated heterocycles. The zero-order valence-corrected chi connectivity index (χ0v) is 12.0. The Labute approximate surface area is 110 Å². The van der Waals surface area contributed by atoms with Gasteiger partial charge in [0.2, 0.25) is 10.0 Å². The Kier molecular flexibility index (Phi) is 6.06. The van der Waals surface area contributed by atoms with Crippen molar-refractivity contribution in [3.63, 3.8) is 0 Å². The quantitative estimate of drug-likeness (QED) is 0.781. The van der Waals surface area contributed by atoms with Crippen molar-refractivity contribution >= 4 is 10.0 Å². The number of piperidine rings is 1. The second kappa shape index (κ2) is 7.07. The minimum Gasteiger partial charge on any atom is -0.304 e. The highest BCUT2D eigenvalue weighted by atomic mass is 32.2. The first-order valence-corrected chi connectivity index (χ1v) is 8.18. The average molecular weight is 273 g/mol. The third kappa shape index (κ3) is 4.23. The molecule has 18 heavy (non-hydrogen) atoms. The maximum atomic E-state index is 11.8. The summed E-state index contributed by atoms with van der Waals surface area (Å²) in [5, 5.41) is 7.87. The highest BCUT2D eigenvalue weighted by molar-refractivity contribution is 7.90. The summed E-state index contributed by atoms with van der Waals surface area (Å²) < 4.78 is 26.2. The van der Waals surface area contributed by atoms with Gasteiger partial charge in [-0.3, -0.25) is 0 Å². The van der Waals surface area contributed by atoms with Gasteiger partial charge in [0.15, 0.2) is 5.25 Å². The molecule has 0 radical (unpaired) electrons. The Morgan fingerprint density at radius 3 is 2.44 bits per heavy atom. The van der Waals surface area contributed by atoms with Crippen LogP contribution in [0.2, 0.25) is 0 Å². The zero-order valence-electron chi connectivity index (χ0n) is 11.2. The van der Waals surface area contributed by atoms with Gasteiger partial charge in [0.1, 0.15) is 0 Å². The predicted octanol–water partition coefficient (Wildman–Crippen LogP) is 0.940.